The molecule has 0 radical (unpaired) electrons. The van der Waals surface area contributed by atoms with Gasteiger partial charge in [-0.2, -0.15) is 5.10 Å². The summed E-state index contributed by atoms with van der Waals surface area (Å²) in [7, 11) is 1.34. The Morgan fingerprint density at radius 3 is 2.89 bits per heavy atom. The Bertz CT molecular complexity index is 583. The molecule has 1 heterocycles. The van der Waals surface area contributed by atoms with Gasteiger partial charge in [-0.25, -0.2) is 10.2 Å². The third kappa shape index (κ3) is 2.48. The first-order valence-electron chi connectivity index (χ1n) is 4.96. The van der Waals surface area contributed by atoms with Crippen LogP contribution >= 0.6 is 23.2 Å². The molecule has 2 rings (SSSR count). The van der Waals surface area contributed by atoms with Crippen LogP contribution < -0.4 is 5.48 Å². The van der Waals surface area contributed by atoms with Crippen LogP contribution in [0.1, 0.15) is 10.4 Å². The summed E-state index contributed by atoms with van der Waals surface area (Å²) in [4.78, 5) is 16.1. The summed E-state index contributed by atoms with van der Waals surface area (Å²) >= 11 is 12.0. The first-order valence-corrected chi connectivity index (χ1v) is 5.72. The van der Waals surface area contributed by atoms with Crippen LogP contribution in [0.5, 0.6) is 0 Å². The third-order valence-electron chi connectivity index (χ3n) is 2.20. The second kappa shape index (κ2) is 5.39. The number of aromatic nitrogens is 2. The van der Waals surface area contributed by atoms with Crippen molar-refractivity contribution in [1.82, 2.24) is 15.3 Å². The highest BCUT2D eigenvalue weighted by molar-refractivity contribution is 6.33. The number of nitrogens with one attached hydrogen (secondary N) is 1. The Labute approximate surface area is 113 Å². The SMILES string of the molecule is CONC(=O)c1cnn(-c2cccc(Cl)c2)c1Cl. The Kier molecular flexibility index (Phi) is 3.86. The summed E-state index contributed by atoms with van der Waals surface area (Å²) in [5.41, 5.74) is 3.07. The molecule has 0 saturated heterocycles. The van der Waals surface area contributed by atoms with Crippen molar-refractivity contribution < 1.29 is 9.63 Å². The number of hydrogen-bond acceptors (Lipinski definition) is 3. The molecule has 7 heteroatoms. The molecule has 94 valence electrons. The number of rotatable bonds is 3. The van der Waals surface area contributed by atoms with Crippen molar-refractivity contribution in [3.05, 3.63) is 46.2 Å². The normalized spacial score (nSPS) is 10.4. The van der Waals surface area contributed by atoms with E-state index in [1.165, 1.54) is 18.0 Å². The zero-order valence-corrected chi connectivity index (χ0v) is 10.9. The molecule has 1 aromatic carbocycles. The molecule has 5 nitrogen and oxygen atoms in total. The number of amides is 1. The largest absolute Gasteiger partial charge is 0.279 e. The van der Waals surface area contributed by atoms with E-state index in [9.17, 15) is 4.79 Å². The van der Waals surface area contributed by atoms with Crippen LogP contribution in [0.2, 0.25) is 10.2 Å². The van der Waals surface area contributed by atoms with E-state index in [0.717, 1.165) is 0 Å². The average Bonchev–Trinajstić information content (AvgIpc) is 2.71. The van der Waals surface area contributed by atoms with E-state index in [0.29, 0.717) is 10.7 Å². The highest BCUT2D eigenvalue weighted by Crippen LogP contribution is 2.22. The van der Waals surface area contributed by atoms with E-state index in [4.69, 9.17) is 23.2 Å². The van der Waals surface area contributed by atoms with E-state index in [1.807, 2.05) is 0 Å². The monoisotopic (exact) mass is 285 g/mol. The standard InChI is InChI=1S/C11H9Cl2N3O2/c1-18-15-11(17)9-6-14-16(10(9)13)8-4-2-3-7(12)5-8/h2-6H,1H3,(H,15,17). The van der Waals surface area contributed by atoms with Gasteiger partial charge < -0.3 is 0 Å². The lowest BCUT2D eigenvalue weighted by atomic mass is 10.3. The number of carbonyl (C=O) groups excluding carboxylic acids is 1. The van der Waals surface area contributed by atoms with Crippen molar-refractivity contribution in [3.63, 3.8) is 0 Å². The number of benzene rings is 1. The second-order valence-electron chi connectivity index (χ2n) is 3.38. The highest BCUT2D eigenvalue weighted by atomic mass is 35.5. The van der Waals surface area contributed by atoms with Crippen LogP contribution in [0.25, 0.3) is 5.69 Å². The van der Waals surface area contributed by atoms with E-state index in [2.05, 4.69) is 15.4 Å². The quantitative estimate of drug-likeness (QED) is 0.882. The predicted octanol–water partition coefficient (Wildman–Crippen LogP) is 2.47. The first-order chi connectivity index (χ1) is 8.63. The number of hydroxylamine groups is 1. The Morgan fingerprint density at radius 1 is 1.44 bits per heavy atom. The van der Waals surface area contributed by atoms with Gasteiger partial charge in [-0.15, -0.1) is 0 Å². The van der Waals surface area contributed by atoms with Crippen molar-refractivity contribution in [2.24, 2.45) is 0 Å². The Hall–Kier alpha value is -1.56. The fourth-order valence-electron chi connectivity index (χ4n) is 1.42. The van der Waals surface area contributed by atoms with Gasteiger partial charge in [0.05, 0.1) is 24.6 Å². The second-order valence-corrected chi connectivity index (χ2v) is 4.17. The number of hydrogen-bond donors (Lipinski definition) is 1. The number of halogens is 2. The minimum Gasteiger partial charge on any atom is -0.277 e. The molecule has 18 heavy (non-hydrogen) atoms. The van der Waals surface area contributed by atoms with Gasteiger partial charge >= 0.3 is 0 Å². The lowest BCUT2D eigenvalue weighted by Crippen LogP contribution is -2.21. The molecular formula is C11H9Cl2N3O2. The highest BCUT2D eigenvalue weighted by Gasteiger charge is 2.16. The summed E-state index contributed by atoms with van der Waals surface area (Å²) in [5.74, 6) is -0.462. The third-order valence-corrected chi connectivity index (χ3v) is 2.80. The van der Waals surface area contributed by atoms with Crippen molar-refractivity contribution in [3.8, 4) is 5.69 Å². The van der Waals surface area contributed by atoms with Gasteiger partial charge in [0.25, 0.3) is 5.91 Å². The Morgan fingerprint density at radius 2 is 2.22 bits per heavy atom. The first kappa shape index (κ1) is 12.9. The van der Waals surface area contributed by atoms with Crippen LogP contribution in [-0.2, 0) is 4.84 Å². The van der Waals surface area contributed by atoms with Crippen LogP contribution in [0.15, 0.2) is 30.5 Å². The van der Waals surface area contributed by atoms with Gasteiger partial charge in [-0.05, 0) is 18.2 Å². The van der Waals surface area contributed by atoms with E-state index in [1.54, 1.807) is 24.3 Å². The molecule has 1 aromatic heterocycles. The van der Waals surface area contributed by atoms with E-state index >= 15 is 0 Å². The van der Waals surface area contributed by atoms with Gasteiger partial charge in [-0.1, -0.05) is 29.3 Å². The molecule has 0 atom stereocenters. The maximum atomic E-state index is 11.6. The molecule has 0 aliphatic rings. The van der Waals surface area contributed by atoms with Gasteiger partial charge in [0.1, 0.15) is 5.15 Å². The zero-order valence-electron chi connectivity index (χ0n) is 9.35. The molecule has 0 bridgehead atoms. The average molecular weight is 286 g/mol. The molecule has 0 fully saturated rings. The summed E-state index contributed by atoms with van der Waals surface area (Å²) in [6.07, 6.45) is 1.36. The lowest BCUT2D eigenvalue weighted by Gasteiger charge is -2.04. The molecule has 0 spiro atoms. The summed E-state index contributed by atoms with van der Waals surface area (Å²) in [6, 6.07) is 6.98. The van der Waals surface area contributed by atoms with Crippen LogP contribution in [0.4, 0.5) is 0 Å². The van der Waals surface area contributed by atoms with E-state index < -0.39 is 5.91 Å². The maximum Gasteiger partial charge on any atom is 0.279 e. The van der Waals surface area contributed by atoms with Crippen molar-refractivity contribution in [2.45, 2.75) is 0 Å². The smallest absolute Gasteiger partial charge is 0.277 e. The lowest BCUT2D eigenvalue weighted by molar-refractivity contribution is 0.0538. The van der Waals surface area contributed by atoms with Crippen molar-refractivity contribution >= 4 is 29.1 Å². The molecule has 0 saturated carbocycles. The predicted molar refractivity (Wildman–Crippen MR) is 68.1 cm³/mol. The maximum absolute atomic E-state index is 11.6. The molecule has 0 unspecified atom stereocenters. The minimum absolute atomic E-state index is 0.187. The molecular weight excluding hydrogens is 277 g/mol. The van der Waals surface area contributed by atoms with Gasteiger partial charge in [0.2, 0.25) is 0 Å². The van der Waals surface area contributed by atoms with Crippen LogP contribution in [0, 0.1) is 0 Å². The fraction of sp³-hybridized carbons (Fsp3) is 0.0909. The molecule has 1 amide bonds. The van der Waals surface area contributed by atoms with E-state index in [-0.39, 0.29) is 10.7 Å². The molecule has 0 aliphatic carbocycles. The Balaban J connectivity index is 2.39. The van der Waals surface area contributed by atoms with Crippen molar-refractivity contribution in [2.75, 3.05) is 7.11 Å². The summed E-state index contributed by atoms with van der Waals surface area (Å²) in [5, 5.41) is 4.78. The summed E-state index contributed by atoms with van der Waals surface area (Å²) in [6.45, 7) is 0. The topological polar surface area (TPSA) is 56.1 Å². The van der Waals surface area contributed by atoms with Crippen LogP contribution in [-0.4, -0.2) is 22.8 Å². The molecule has 1 N–H and O–H groups in total. The van der Waals surface area contributed by atoms with Gasteiger partial charge in [0.15, 0.2) is 0 Å². The molecule has 2 aromatic rings. The summed E-state index contributed by atoms with van der Waals surface area (Å²) < 4.78 is 1.41. The van der Waals surface area contributed by atoms with Gasteiger partial charge in [0, 0.05) is 5.02 Å². The number of carbonyl (C=O) groups is 1. The minimum atomic E-state index is -0.462. The van der Waals surface area contributed by atoms with Crippen LogP contribution in [0.3, 0.4) is 0 Å². The zero-order chi connectivity index (χ0) is 13.1. The molecule has 0 aliphatic heterocycles. The van der Waals surface area contributed by atoms with Crippen molar-refractivity contribution in [1.29, 1.82) is 0 Å². The van der Waals surface area contributed by atoms with Gasteiger partial charge in [-0.3, -0.25) is 9.63 Å². The number of nitrogens with zero attached hydrogens (tertiary/aromatic N) is 2. The fourth-order valence-corrected chi connectivity index (χ4v) is 1.88.